The molecular formula is C12H28CoN5O4+. The topological polar surface area (TPSA) is 180 Å². The molecule has 0 aliphatic heterocycles. The molecule has 133 valence electrons. The molecule has 0 aliphatic carbocycles. The minimum atomic E-state index is -2.28. The van der Waals surface area contributed by atoms with Crippen molar-refractivity contribution in [2.75, 3.05) is 26.2 Å². The Balaban J connectivity index is -0.000000326. The zero-order valence-corrected chi connectivity index (χ0v) is 14.3. The zero-order chi connectivity index (χ0) is 17.1. The molecule has 9 nitrogen and oxygen atoms in total. The number of nitrogens with two attached hydrogens (primary N) is 3. The fourth-order valence-corrected chi connectivity index (χ4v) is 0.924. The van der Waals surface area contributed by atoms with Gasteiger partial charge in [-0.2, -0.15) is 0 Å². The molecule has 0 bridgehead atoms. The van der Waals surface area contributed by atoms with Crippen molar-refractivity contribution in [1.29, 1.82) is 0 Å². The van der Waals surface area contributed by atoms with E-state index in [0.717, 1.165) is 33.1 Å². The molecule has 0 amide bonds. The van der Waals surface area contributed by atoms with Crippen LogP contribution in [0.4, 0.5) is 0 Å². The summed E-state index contributed by atoms with van der Waals surface area (Å²) >= 11 is 0. The van der Waals surface area contributed by atoms with Gasteiger partial charge in [0, 0.05) is 38.3 Å². The Morgan fingerprint density at radius 2 is 1.45 bits per heavy atom. The number of carboxylic acid groups (broad SMARTS) is 2. The first kappa shape index (κ1) is 26.2. The summed E-state index contributed by atoms with van der Waals surface area (Å²) in [6.07, 6.45) is 0. The van der Waals surface area contributed by atoms with Crippen molar-refractivity contribution >= 4 is 11.9 Å². The molecule has 0 aromatic heterocycles. The molecule has 1 radical (unpaired) electrons. The third kappa shape index (κ3) is 15.6. The number of hydrogen-bond donors (Lipinski definition) is 6. The Morgan fingerprint density at radius 1 is 1.14 bits per heavy atom. The Hall–Kier alpha value is -0.754. The van der Waals surface area contributed by atoms with Gasteiger partial charge in [-0.25, -0.2) is 4.79 Å². The van der Waals surface area contributed by atoms with Gasteiger partial charge in [0.15, 0.2) is 5.54 Å². The molecule has 10 heteroatoms. The van der Waals surface area contributed by atoms with Crippen LogP contribution in [-0.4, -0.2) is 60.8 Å². The monoisotopic (exact) mass is 365 g/mol. The molecule has 0 aromatic carbocycles. The second-order valence-corrected chi connectivity index (χ2v) is 5.16. The summed E-state index contributed by atoms with van der Waals surface area (Å²) in [6.45, 7) is 8.48. The summed E-state index contributed by atoms with van der Waals surface area (Å²) in [5, 5.41) is 24.4. The van der Waals surface area contributed by atoms with Gasteiger partial charge in [-0.15, -0.1) is 0 Å². The predicted molar refractivity (Wildman–Crippen MR) is 78.3 cm³/mol. The molecule has 3 atom stereocenters. The van der Waals surface area contributed by atoms with E-state index in [4.69, 9.17) is 22.3 Å². The van der Waals surface area contributed by atoms with Crippen LogP contribution in [0.3, 0.4) is 0 Å². The van der Waals surface area contributed by atoms with Crippen molar-refractivity contribution in [1.82, 2.24) is 10.6 Å². The first-order chi connectivity index (χ1) is 9.51. The van der Waals surface area contributed by atoms with E-state index in [0.29, 0.717) is 0 Å². The van der Waals surface area contributed by atoms with Crippen LogP contribution in [0.5, 0.6) is 0 Å². The molecule has 0 saturated heterocycles. The number of carbonyl (C=O) groups is 2. The van der Waals surface area contributed by atoms with E-state index in [-0.39, 0.29) is 28.9 Å². The number of carboxylic acids is 2. The average Bonchev–Trinajstić information content (AvgIpc) is 2.33. The summed E-state index contributed by atoms with van der Waals surface area (Å²) in [5.74, 6) is -3.41. The number of hydrogen-bond acceptors (Lipinski definition) is 8. The van der Waals surface area contributed by atoms with Crippen LogP contribution in [0.2, 0.25) is 0 Å². The van der Waals surface area contributed by atoms with E-state index < -0.39 is 17.5 Å². The van der Waals surface area contributed by atoms with Crippen LogP contribution in [0.25, 0.3) is 0 Å². The molecule has 0 rings (SSSR count). The molecule has 0 saturated carbocycles. The van der Waals surface area contributed by atoms with Crippen molar-refractivity contribution in [3.05, 3.63) is 0 Å². The Morgan fingerprint density at radius 3 is 1.59 bits per heavy atom. The second kappa shape index (κ2) is 13.9. The van der Waals surface area contributed by atoms with Gasteiger partial charge in [0.25, 0.3) is 0 Å². The molecule has 22 heavy (non-hydrogen) atoms. The third-order valence-corrected chi connectivity index (χ3v) is 2.28. The largest absolute Gasteiger partial charge is 2.00 e. The SMILES string of the molecule is CC(N)(C(=O)[O-])C(=O)O.CC(N)CNCCNCC(C)N.[Co+2]. The van der Waals surface area contributed by atoms with E-state index in [9.17, 15) is 14.7 Å². The van der Waals surface area contributed by atoms with Crippen molar-refractivity contribution in [2.24, 2.45) is 17.2 Å². The standard InChI is InChI=1S/C8H22N4.C4H7NO4.Co/c1-7(9)5-11-3-4-12-6-8(2)10;1-4(5,2(6)7)3(8)9;/h7-8,11-12H,3-6,9-10H2,1-2H3;5H2,1H3,(H,6,7)(H,8,9);/q;;+2/p-1. The van der Waals surface area contributed by atoms with Crippen LogP contribution in [0.15, 0.2) is 0 Å². The molecule has 0 spiro atoms. The first-order valence-corrected chi connectivity index (χ1v) is 6.68. The van der Waals surface area contributed by atoms with Gasteiger partial charge in [-0.1, -0.05) is 0 Å². The van der Waals surface area contributed by atoms with Gasteiger partial charge >= 0.3 is 22.7 Å². The van der Waals surface area contributed by atoms with Gasteiger partial charge in [0.05, 0.1) is 5.97 Å². The van der Waals surface area contributed by atoms with E-state index in [2.05, 4.69) is 10.6 Å². The predicted octanol–water partition coefficient (Wildman–Crippen LogP) is -3.60. The minimum Gasteiger partial charge on any atom is -0.547 e. The maximum Gasteiger partial charge on any atom is 2.00 e. The molecular weight excluding hydrogens is 337 g/mol. The normalized spacial score (nSPS) is 15.4. The number of aliphatic carboxylic acids is 2. The van der Waals surface area contributed by atoms with E-state index >= 15 is 0 Å². The van der Waals surface area contributed by atoms with Crippen LogP contribution in [0.1, 0.15) is 20.8 Å². The third-order valence-electron chi connectivity index (χ3n) is 2.28. The molecule has 0 heterocycles. The minimum absolute atomic E-state index is 0. The maximum absolute atomic E-state index is 9.92. The number of carbonyl (C=O) groups excluding carboxylic acids is 1. The van der Waals surface area contributed by atoms with E-state index in [1.165, 1.54) is 0 Å². The van der Waals surface area contributed by atoms with Gasteiger partial charge in [-0.05, 0) is 20.8 Å². The summed E-state index contributed by atoms with van der Waals surface area (Å²) in [4.78, 5) is 19.8. The van der Waals surface area contributed by atoms with Crippen molar-refractivity contribution in [3.63, 3.8) is 0 Å². The molecule has 3 unspecified atom stereocenters. The molecule has 0 aromatic rings. The number of rotatable bonds is 9. The average molecular weight is 365 g/mol. The molecule has 0 aliphatic rings. The quantitative estimate of drug-likeness (QED) is 0.178. The van der Waals surface area contributed by atoms with Crippen LogP contribution in [0, 0.1) is 0 Å². The summed E-state index contributed by atoms with van der Waals surface area (Å²) in [5.41, 5.74) is 13.6. The van der Waals surface area contributed by atoms with Crippen LogP contribution < -0.4 is 32.9 Å². The second-order valence-electron chi connectivity index (χ2n) is 5.16. The van der Waals surface area contributed by atoms with Crippen molar-refractivity contribution in [2.45, 2.75) is 38.4 Å². The summed E-state index contributed by atoms with van der Waals surface area (Å²) < 4.78 is 0. The molecule has 0 fully saturated rings. The number of nitrogens with one attached hydrogen (secondary N) is 2. The van der Waals surface area contributed by atoms with E-state index in [1.54, 1.807) is 0 Å². The maximum atomic E-state index is 9.92. The van der Waals surface area contributed by atoms with Gasteiger partial charge in [0.1, 0.15) is 0 Å². The molecule has 9 N–H and O–H groups in total. The van der Waals surface area contributed by atoms with E-state index in [1.807, 2.05) is 13.8 Å². The zero-order valence-electron chi connectivity index (χ0n) is 13.2. The van der Waals surface area contributed by atoms with Crippen molar-refractivity contribution in [3.8, 4) is 0 Å². The Kier molecular flexibility index (Phi) is 16.5. The van der Waals surface area contributed by atoms with Gasteiger partial charge < -0.3 is 42.8 Å². The van der Waals surface area contributed by atoms with Gasteiger partial charge in [-0.3, -0.25) is 0 Å². The van der Waals surface area contributed by atoms with Crippen LogP contribution >= 0.6 is 0 Å². The van der Waals surface area contributed by atoms with Crippen LogP contribution in [-0.2, 0) is 26.4 Å². The Bertz CT molecular complexity index is 286. The fraction of sp³-hybridized carbons (Fsp3) is 0.833. The summed E-state index contributed by atoms with van der Waals surface area (Å²) in [7, 11) is 0. The smallest absolute Gasteiger partial charge is 0.547 e. The first-order valence-electron chi connectivity index (χ1n) is 6.68. The summed E-state index contributed by atoms with van der Waals surface area (Å²) in [6, 6.07) is 0.469. The Labute approximate surface area is 141 Å². The van der Waals surface area contributed by atoms with Crippen molar-refractivity contribution < 1.29 is 36.6 Å². The van der Waals surface area contributed by atoms with Gasteiger partial charge in [0.2, 0.25) is 0 Å². The fourth-order valence-electron chi connectivity index (χ4n) is 0.924.